The molecule has 2 aromatic carbocycles. The number of nitrogens with zero attached hydrogens (tertiary/aromatic N) is 1. The third-order valence-corrected chi connectivity index (χ3v) is 4.33. The van der Waals surface area contributed by atoms with Crippen molar-refractivity contribution in [2.45, 2.75) is 13.0 Å². The number of para-hydroxylation sites is 2. The minimum absolute atomic E-state index is 0.00298. The molecule has 2 N–H and O–H groups in total. The zero-order valence-corrected chi connectivity index (χ0v) is 14.3. The van der Waals surface area contributed by atoms with Gasteiger partial charge in [0.2, 0.25) is 11.8 Å². The van der Waals surface area contributed by atoms with Gasteiger partial charge in [-0.3, -0.25) is 14.5 Å². The predicted molar refractivity (Wildman–Crippen MR) is 97.9 cm³/mol. The lowest BCUT2D eigenvalue weighted by Crippen LogP contribution is -2.47. The van der Waals surface area contributed by atoms with Gasteiger partial charge in [0.05, 0.1) is 11.4 Å². The van der Waals surface area contributed by atoms with Crippen molar-refractivity contribution in [3.8, 4) is 11.5 Å². The van der Waals surface area contributed by atoms with Crippen LogP contribution in [0.15, 0.2) is 42.5 Å². The van der Waals surface area contributed by atoms with E-state index < -0.39 is 6.04 Å². The van der Waals surface area contributed by atoms with Crippen LogP contribution in [0.5, 0.6) is 11.5 Å². The fourth-order valence-electron chi connectivity index (χ4n) is 3.11. The molecule has 2 aliphatic rings. The van der Waals surface area contributed by atoms with Crippen LogP contribution < -0.4 is 25.0 Å². The lowest BCUT2D eigenvalue weighted by atomic mass is 10.1. The molecule has 2 amide bonds. The van der Waals surface area contributed by atoms with Gasteiger partial charge in [0, 0.05) is 11.8 Å². The van der Waals surface area contributed by atoms with Crippen molar-refractivity contribution >= 4 is 28.9 Å². The molecule has 0 radical (unpaired) electrons. The molecule has 0 aliphatic carbocycles. The number of hydrogen-bond acceptors (Lipinski definition) is 5. The van der Waals surface area contributed by atoms with E-state index in [1.807, 2.05) is 36.4 Å². The van der Waals surface area contributed by atoms with Crippen LogP contribution in [0, 0.1) is 0 Å². The Morgan fingerprint density at radius 1 is 1.15 bits per heavy atom. The second kappa shape index (κ2) is 6.59. The zero-order valence-electron chi connectivity index (χ0n) is 14.3. The molecule has 4 rings (SSSR count). The van der Waals surface area contributed by atoms with E-state index in [4.69, 9.17) is 9.47 Å². The topological polar surface area (TPSA) is 79.9 Å². The Bertz CT molecular complexity index is 868. The highest BCUT2D eigenvalue weighted by Crippen LogP contribution is 2.33. The predicted octanol–water partition coefficient (Wildman–Crippen LogP) is 2.24. The van der Waals surface area contributed by atoms with E-state index in [1.54, 1.807) is 13.0 Å². The minimum Gasteiger partial charge on any atom is -0.486 e. The monoisotopic (exact) mass is 353 g/mol. The lowest BCUT2D eigenvalue weighted by molar-refractivity contribution is -0.122. The van der Waals surface area contributed by atoms with Gasteiger partial charge in [0.1, 0.15) is 25.8 Å². The fraction of sp³-hybridized carbons (Fsp3) is 0.263. The molecule has 2 heterocycles. The van der Waals surface area contributed by atoms with E-state index in [0.29, 0.717) is 36.1 Å². The van der Waals surface area contributed by atoms with Gasteiger partial charge >= 0.3 is 0 Å². The number of anilines is 3. The molecule has 0 spiro atoms. The lowest BCUT2D eigenvalue weighted by Gasteiger charge is -2.31. The normalized spacial score (nSPS) is 16.3. The fourth-order valence-corrected chi connectivity index (χ4v) is 3.11. The first-order valence-electron chi connectivity index (χ1n) is 8.48. The van der Waals surface area contributed by atoms with Crippen molar-refractivity contribution in [3.63, 3.8) is 0 Å². The summed E-state index contributed by atoms with van der Waals surface area (Å²) >= 11 is 0. The molecule has 0 unspecified atom stereocenters. The van der Waals surface area contributed by atoms with E-state index in [2.05, 4.69) is 10.6 Å². The van der Waals surface area contributed by atoms with Gasteiger partial charge in [0.15, 0.2) is 11.5 Å². The SMILES string of the molecule is C[C@H](Nc1ccc2c(c1)OCCO2)C(=O)N1CC(=O)Nc2ccccc21. The largest absolute Gasteiger partial charge is 0.486 e. The maximum absolute atomic E-state index is 12.9. The number of benzene rings is 2. The van der Waals surface area contributed by atoms with Crippen molar-refractivity contribution in [2.24, 2.45) is 0 Å². The summed E-state index contributed by atoms with van der Waals surface area (Å²) in [6, 6.07) is 12.2. The number of hydrogen-bond donors (Lipinski definition) is 2. The van der Waals surface area contributed by atoms with Crippen LogP contribution in [0.1, 0.15) is 6.92 Å². The summed E-state index contributed by atoms with van der Waals surface area (Å²) in [4.78, 5) is 26.4. The van der Waals surface area contributed by atoms with Gasteiger partial charge in [-0.25, -0.2) is 0 Å². The van der Waals surface area contributed by atoms with Crippen molar-refractivity contribution in [2.75, 3.05) is 35.3 Å². The van der Waals surface area contributed by atoms with Crippen molar-refractivity contribution in [1.29, 1.82) is 0 Å². The highest BCUT2D eigenvalue weighted by molar-refractivity contribution is 6.11. The van der Waals surface area contributed by atoms with Gasteiger partial charge in [-0.15, -0.1) is 0 Å². The van der Waals surface area contributed by atoms with Crippen molar-refractivity contribution in [1.82, 2.24) is 0 Å². The van der Waals surface area contributed by atoms with Crippen molar-refractivity contribution < 1.29 is 19.1 Å². The smallest absolute Gasteiger partial charge is 0.249 e. The Morgan fingerprint density at radius 2 is 1.92 bits per heavy atom. The van der Waals surface area contributed by atoms with E-state index in [9.17, 15) is 9.59 Å². The first-order valence-corrected chi connectivity index (χ1v) is 8.48. The standard InChI is InChI=1S/C19H19N3O4/c1-12(20-13-6-7-16-17(10-13)26-9-8-25-16)19(24)22-11-18(23)21-14-4-2-3-5-15(14)22/h2-7,10,12,20H,8-9,11H2,1H3,(H,21,23)/t12-/m0/s1. The van der Waals surface area contributed by atoms with Crippen LogP contribution in [-0.2, 0) is 9.59 Å². The molecule has 26 heavy (non-hydrogen) atoms. The average Bonchev–Trinajstić information content (AvgIpc) is 2.66. The number of rotatable bonds is 3. The summed E-state index contributed by atoms with van der Waals surface area (Å²) in [6.45, 7) is 2.81. The highest BCUT2D eigenvalue weighted by Gasteiger charge is 2.29. The summed E-state index contributed by atoms with van der Waals surface area (Å²) in [5.74, 6) is 0.969. The summed E-state index contributed by atoms with van der Waals surface area (Å²) in [5.41, 5.74) is 2.10. The Morgan fingerprint density at radius 3 is 2.77 bits per heavy atom. The van der Waals surface area contributed by atoms with Crippen LogP contribution in [0.2, 0.25) is 0 Å². The van der Waals surface area contributed by atoms with Gasteiger partial charge in [-0.05, 0) is 31.2 Å². The summed E-state index contributed by atoms with van der Waals surface area (Å²) < 4.78 is 11.1. The third-order valence-electron chi connectivity index (χ3n) is 4.33. The molecule has 0 fully saturated rings. The molecular weight excluding hydrogens is 334 g/mol. The number of ether oxygens (including phenoxy) is 2. The van der Waals surface area contributed by atoms with Crippen LogP contribution >= 0.6 is 0 Å². The molecule has 2 aliphatic heterocycles. The summed E-state index contributed by atoms with van der Waals surface area (Å²) in [7, 11) is 0. The molecule has 0 aromatic heterocycles. The maximum Gasteiger partial charge on any atom is 0.249 e. The van der Waals surface area contributed by atoms with E-state index >= 15 is 0 Å². The number of carbonyl (C=O) groups excluding carboxylic acids is 2. The summed E-state index contributed by atoms with van der Waals surface area (Å²) in [5, 5.41) is 5.96. The number of amides is 2. The highest BCUT2D eigenvalue weighted by atomic mass is 16.6. The molecule has 2 aromatic rings. The summed E-state index contributed by atoms with van der Waals surface area (Å²) in [6.07, 6.45) is 0. The van der Waals surface area contributed by atoms with E-state index in [1.165, 1.54) is 4.90 Å². The second-order valence-electron chi connectivity index (χ2n) is 6.21. The van der Waals surface area contributed by atoms with E-state index in [0.717, 1.165) is 5.69 Å². The van der Waals surface area contributed by atoms with Gasteiger partial charge in [0.25, 0.3) is 0 Å². The molecule has 134 valence electrons. The molecule has 0 saturated heterocycles. The minimum atomic E-state index is -0.517. The van der Waals surface area contributed by atoms with Gasteiger partial charge in [-0.1, -0.05) is 12.1 Å². The Balaban J connectivity index is 1.52. The number of carbonyl (C=O) groups is 2. The number of nitrogens with one attached hydrogen (secondary N) is 2. The first kappa shape index (κ1) is 16.3. The maximum atomic E-state index is 12.9. The third kappa shape index (κ3) is 3.03. The Kier molecular flexibility index (Phi) is 4.12. The van der Waals surface area contributed by atoms with Crippen LogP contribution in [0.4, 0.5) is 17.1 Å². The first-order chi connectivity index (χ1) is 12.6. The molecule has 0 bridgehead atoms. The molecule has 7 nitrogen and oxygen atoms in total. The van der Waals surface area contributed by atoms with Crippen LogP contribution in [0.25, 0.3) is 0 Å². The molecule has 0 saturated carbocycles. The van der Waals surface area contributed by atoms with E-state index in [-0.39, 0.29) is 18.4 Å². The van der Waals surface area contributed by atoms with Crippen LogP contribution in [0.3, 0.4) is 0 Å². The number of fused-ring (bicyclic) bond motifs is 2. The molecule has 7 heteroatoms. The second-order valence-corrected chi connectivity index (χ2v) is 6.21. The van der Waals surface area contributed by atoms with Crippen molar-refractivity contribution in [3.05, 3.63) is 42.5 Å². The molecule has 1 atom stereocenters. The average molecular weight is 353 g/mol. The zero-order chi connectivity index (χ0) is 18.1. The van der Waals surface area contributed by atoms with Crippen LogP contribution in [-0.4, -0.2) is 37.6 Å². The Hall–Kier alpha value is -3.22. The van der Waals surface area contributed by atoms with Gasteiger partial charge in [-0.2, -0.15) is 0 Å². The quantitative estimate of drug-likeness (QED) is 0.885. The Labute approximate surface area is 150 Å². The molecular formula is C19H19N3O4. The van der Waals surface area contributed by atoms with Gasteiger partial charge < -0.3 is 20.1 Å².